The van der Waals surface area contributed by atoms with Crippen molar-refractivity contribution in [2.75, 3.05) is 31.6 Å². The molecule has 0 radical (unpaired) electrons. The summed E-state index contributed by atoms with van der Waals surface area (Å²) < 4.78 is 4.85. The lowest BCUT2D eigenvalue weighted by molar-refractivity contribution is 0.0594. The number of anilines is 1. The maximum atomic E-state index is 13.4. The second-order valence-corrected chi connectivity index (χ2v) is 8.16. The fourth-order valence-electron chi connectivity index (χ4n) is 3.91. The highest BCUT2D eigenvalue weighted by molar-refractivity contribution is 7.09. The van der Waals surface area contributed by atoms with E-state index >= 15 is 0 Å². The fraction of sp³-hybridized carbons (Fsp3) is 0.500. The second kappa shape index (κ2) is 7.87. The molecule has 8 heteroatoms. The molecule has 1 amide bonds. The lowest BCUT2D eigenvalue weighted by Gasteiger charge is -2.24. The smallest absolute Gasteiger partial charge is 0.356 e. The SMILES string of the molecule is COC(=O)c1cc(C(=O)N2CCC[C@@H]2c2nc(C)cs2)cc(N2CCCC2)n1. The highest BCUT2D eigenvalue weighted by Crippen LogP contribution is 2.35. The van der Waals surface area contributed by atoms with E-state index in [1.54, 1.807) is 17.4 Å². The molecule has 2 aliphatic rings. The van der Waals surface area contributed by atoms with Crippen molar-refractivity contribution in [3.63, 3.8) is 0 Å². The third-order valence-corrected chi connectivity index (χ3v) is 6.38. The van der Waals surface area contributed by atoms with Gasteiger partial charge in [0, 0.05) is 36.3 Å². The van der Waals surface area contributed by atoms with Crippen LogP contribution in [0.25, 0.3) is 0 Å². The molecule has 0 spiro atoms. The molecule has 7 nitrogen and oxygen atoms in total. The molecular formula is C20H24N4O3S. The first kappa shape index (κ1) is 18.9. The summed E-state index contributed by atoms with van der Waals surface area (Å²) in [7, 11) is 1.33. The first-order valence-corrected chi connectivity index (χ1v) is 10.5. The summed E-state index contributed by atoms with van der Waals surface area (Å²) in [5, 5.41) is 2.99. The third kappa shape index (κ3) is 3.61. The number of methoxy groups -OCH3 is 1. The van der Waals surface area contributed by atoms with Crippen LogP contribution < -0.4 is 4.90 Å². The van der Waals surface area contributed by atoms with E-state index in [1.807, 2.05) is 23.3 Å². The highest BCUT2D eigenvalue weighted by atomic mass is 32.1. The van der Waals surface area contributed by atoms with Gasteiger partial charge in [0.2, 0.25) is 0 Å². The van der Waals surface area contributed by atoms with E-state index in [-0.39, 0.29) is 17.6 Å². The summed E-state index contributed by atoms with van der Waals surface area (Å²) in [6.07, 6.45) is 4.03. The van der Waals surface area contributed by atoms with Crippen molar-refractivity contribution < 1.29 is 14.3 Å². The van der Waals surface area contributed by atoms with Gasteiger partial charge >= 0.3 is 5.97 Å². The minimum atomic E-state index is -0.524. The van der Waals surface area contributed by atoms with Crippen LogP contribution in [-0.4, -0.2) is 53.5 Å². The topological polar surface area (TPSA) is 75.6 Å². The van der Waals surface area contributed by atoms with Crippen molar-refractivity contribution in [2.45, 2.75) is 38.6 Å². The van der Waals surface area contributed by atoms with Crippen LogP contribution in [0.3, 0.4) is 0 Å². The fourth-order valence-corrected chi connectivity index (χ4v) is 4.86. The van der Waals surface area contributed by atoms with Gasteiger partial charge in [-0.25, -0.2) is 14.8 Å². The number of aromatic nitrogens is 2. The van der Waals surface area contributed by atoms with Gasteiger partial charge in [0.05, 0.1) is 13.2 Å². The molecule has 4 heterocycles. The number of nitrogens with zero attached hydrogens (tertiary/aromatic N) is 4. The van der Waals surface area contributed by atoms with Gasteiger partial charge < -0.3 is 14.5 Å². The molecular weight excluding hydrogens is 376 g/mol. The van der Waals surface area contributed by atoms with Gasteiger partial charge in [-0.1, -0.05) is 0 Å². The molecule has 0 aromatic carbocycles. The summed E-state index contributed by atoms with van der Waals surface area (Å²) >= 11 is 1.60. The van der Waals surface area contributed by atoms with Crippen LogP contribution in [0.5, 0.6) is 0 Å². The molecule has 2 aromatic heterocycles. The maximum absolute atomic E-state index is 13.4. The average Bonchev–Trinajstić information content (AvgIpc) is 3.47. The Hall–Kier alpha value is -2.48. The van der Waals surface area contributed by atoms with Crippen molar-refractivity contribution >= 4 is 29.0 Å². The molecule has 1 atom stereocenters. The Bertz CT molecular complexity index is 891. The normalized spacial score (nSPS) is 19.3. The van der Waals surface area contributed by atoms with Crippen molar-refractivity contribution in [2.24, 2.45) is 0 Å². The van der Waals surface area contributed by atoms with Crippen LogP contribution in [0.4, 0.5) is 5.82 Å². The number of carbonyl (C=O) groups is 2. The Kier molecular flexibility index (Phi) is 5.30. The number of aryl methyl sites for hydroxylation is 1. The molecule has 0 saturated carbocycles. The third-order valence-electron chi connectivity index (χ3n) is 5.32. The summed E-state index contributed by atoms with van der Waals surface area (Å²) in [4.78, 5) is 38.5. The molecule has 2 aliphatic heterocycles. The molecule has 0 bridgehead atoms. The van der Waals surface area contributed by atoms with Crippen LogP contribution in [0.15, 0.2) is 17.5 Å². The van der Waals surface area contributed by atoms with Crippen molar-refractivity contribution in [1.29, 1.82) is 0 Å². The number of pyridine rings is 1. The van der Waals surface area contributed by atoms with Gasteiger partial charge in [-0.3, -0.25) is 4.79 Å². The number of hydrogen-bond donors (Lipinski definition) is 0. The number of hydrogen-bond acceptors (Lipinski definition) is 7. The quantitative estimate of drug-likeness (QED) is 0.734. The lowest BCUT2D eigenvalue weighted by atomic mass is 10.1. The predicted octanol–water partition coefficient (Wildman–Crippen LogP) is 3.21. The summed E-state index contributed by atoms with van der Waals surface area (Å²) in [6.45, 7) is 4.43. The zero-order valence-corrected chi connectivity index (χ0v) is 17.0. The van der Waals surface area contributed by atoms with Crippen LogP contribution in [0.2, 0.25) is 0 Å². The minimum Gasteiger partial charge on any atom is -0.464 e. The van der Waals surface area contributed by atoms with Gasteiger partial charge in [-0.05, 0) is 44.7 Å². The Morgan fingerprint density at radius 2 is 1.93 bits per heavy atom. The van der Waals surface area contributed by atoms with E-state index in [0.717, 1.165) is 49.5 Å². The van der Waals surface area contributed by atoms with E-state index < -0.39 is 5.97 Å². The van der Waals surface area contributed by atoms with Gasteiger partial charge in [-0.15, -0.1) is 11.3 Å². The molecule has 0 N–H and O–H groups in total. The molecule has 0 aliphatic carbocycles. The van der Waals surface area contributed by atoms with Gasteiger partial charge in [0.1, 0.15) is 10.8 Å². The van der Waals surface area contributed by atoms with Crippen molar-refractivity contribution in [3.05, 3.63) is 39.5 Å². The van der Waals surface area contributed by atoms with Crippen molar-refractivity contribution in [3.8, 4) is 0 Å². The summed E-state index contributed by atoms with van der Waals surface area (Å²) in [5.74, 6) is 0.0663. The Morgan fingerprint density at radius 1 is 1.14 bits per heavy atom. The number of ether oxygens (including phenoxy) is 1. The van der Waals surface area contributed by atoms with Crippen molar-refractivity contribution in [1.82, 2.24) is 14.9 Å². The number of thiazole rings is 1. The standard InChI is InChI=1S/C20H24N4O3S/c1-13-12-28-18(21-13)16-6-5-9-24(16)19(25)14-10-15(20(26)27-2)22-17(11-14)23-7-3-4-8-23/h10-12,16H,3-9H2,1-2H3/t16-/m1/s1. The largest absolute Gasteiger partial charge is 0.464 e. The Morgan fingerprint density at radius 3 is 2.61 bits per heavy atom. The first-order valence-electron chi connectivity index (χ1n) is 9.65. The van der Waals surface area contributed by atoms with Gasteiger partial charge in [0.15, 0.2) is 5.69 Å². The van der Waals surface area contributed by atoms with E-state index in [4.69, 9.17) is 4.74 Å². The van der Waals surface area contributed by atoms with Crippen LogP contribution in [0.1, 0.15) is 63.3 Å². The van der Waals surface area contributed by atoms with Crippen LogP contribution in [0, 0.1) is 6.92 Å². The molecule has 148 valence electrons. The molecule has 2 fully saturated rings. The number of carbonyl (C=O) groups excluding carboxylic acids is 2. The Labute approximate surface area is 168 Å². The zero-order valence-electron chi connectivity index (χ0n) is 16.2. The van der Waals surface area contributed by atoms with E-state index in [1.165, 1.54) is 7.11 Å². The first-order chi connectivity index (χ1) is 13.6. The average molecular weight is 401 g/mol. The summed E-state index contributed by atoms with van der Waals surface area (Å²) in [5.41, 5.74) is 1.64. The van der Waals surface area contributed by atoms with Crippen LogP contribution in [-0.2, 0) is 4.74 Å². The van der Waals surface area contributed by atoms with E-state index in [2.05, 4.69) is 14.9 Å². The lowest BCUT2D eigenvalue weighted by Crippen LogP contribution is -2.31. The van der Waals surface area contributed by atoms with Gasteiger partial charge in [0.25, 0.3) is 5.91 Å². The number of likely N-dealkylation sites (tertiary alicyclic amines) is 1. The summed E-state index contributed by atoms with van der Waals surface area (Å²) in [6, 6.07) is 3.36. The molecule has 4 rings (SSSR count). The monoisotopic (exact) mass is 400 g/mol. The zero-order chi connectivity index (χ0) is 19.7. The van der Waals surface area contributed by atoms with E-state index in [0.29, 0.717) is 17.9 Å². The molecule has 0 unspecified atom stereocenters. The predicted molar refractivity (Wildman–Crippen MR) is 107 cm³/mol. The Balaban J connectivity index is 1.67. The highest BCUT2D eigenvalue weighted by Gasteiger charge is 2.33. The number of esters is 1. The van der Waals surface area contributed by atoms with Gasteiger partial charge in [-0.2, -0.15) is 0 Å². The van der Waals surface area contributed by atoms with Crippen LogP contribution >= 0.6 is 11.3 Å². The minimum absolute atomic E-state index is 0.00354. The number of rotatable bonds is 4. The van der Waals surface area contributed by atoms with E-state index in [9.17, 15) is 9.59 Å². The molecule has 28 heavy (non-hydrogen) atoms. The molecule has 2 saturated heterocycles. The second-order valence-electron chi connectivity index (χ2n) is 7.27. The number of amides is 1. The molecule has 2 aromatic rings. The maximum Gasteiger partial charge on any atom is 0.356 e.